The molecule has 0 saturated carbocycles. The van der Waals surface area contributed by atoms with Gasteiger partial charge in [0.15, 0.2) is 0 Å². The number of benzene rings is 1. The molecule has 3 N–H and O–H groups in total. The predicted octanol–water partition coefficient (Wildman–Crippen LogP) is 2.13. The average molecular weight is 246 g/mol. The minimum atomic E-state index is -0.347. The Hall–Kier alpha value is -1.35. The van der Waals surface area contributed by atoms with Crippen LogP contribution in [0.3, 0.4) is 0 Å². The van der Waals surface area contributed by atoms with Crippen LogP contribution in [0.15, 0.2) is 18.2 Å². The average Bonchev–Trinajstić information content (AvgIpc) is 2.39. The highest BCUT2D eigenvalue weighted by atomic mass is 16.1. The van der Waals surface area contributed by atoms with E-state index in [0.29, 0.717) is 5.56 Å². The minimum Gasteiger partial charge on any atom is -0.366 e. The molecule has 1 saturated heterocycles. The molecular weight excluding hydrogens is 224 g/mol. The third-order valence-electron chi connectivity index (χ3n) is 4.32. The van der Waals surface area contributed by atoms with Crippen LogP contribution in [0.1, 0.15) is 47.7 Å². The number of amides is 1. The maximum atomic E-state index is 11.2. The molecular formula is C15H22N2O. The molecule has 0 unspecified atom stereocenters. The summed E-state index contributed by atoms with van der Waals surface area (Å²) in [7, 11) is 0. The summed E-state index contributed by atoms with van der Waals surface area (Å²) in [5.41, 5.74) is 8.78. The van der Waals surface area contributed by atoms with Gasteiger partial charge in [-0.25, -0.2) is 0 Å². The van der Waals surface area contributed by atoms with E-state index in [0.717, 1.165) is 19.5 Å². The van der Waals surface area contributed by atoms with E-state index < -0.39 is 0 Å². The molecule has 0 aromatic heterocycles. The Kier molecular flexibility index (Phi) is 3.71. The molecule has 0 aliphatic carbocycles. The summed E-state index contributed by atoms with van der Waals surface area (Å²) < 4.78 is 0. The highest BCUT2D eigenvalue weighted by Gasteiger charge is 2.33. The van der Waals surface area contributed by atoms with Crippen LogP contribution in [-0.4, -0.2) is 19.0 Å². The molecule has 0 spiro atoms. The van der Waals surface area contributed by atoms with Crippen LogP contribution in [0.4, 0.5) is 0 Å². The fraction of sp³-hybridized carbons (Fsp3) is 0.533. The SMILES string of the molecule is CCC1(c2ccc(C(N)=O)cc2C)CCNCC1. The zero-order valence-electron chi connectivity index (χ0n) is 11.3. The van der Waals surface area contributed by atoms with Crippen molar-refractivity contribution in [3.8, 4) is 0 Å². The number of primary amides is 1. The Bertz CT molecular complexity index is 448. The van der Waals surface area contributed by atoms with E-state index in [4.69, 9.17) is 5.73 Å². The largest absolute Gasteiger partial charge is 0.366 e. The van der Waals surface area contributed by atoms with Crippen molar-refractivity contribution in [2.45, 2.75) is 38.5 Å². The first-order chi connectivity index (χ1) is 8.59. The number of rotatable bonds is 3. The van der Waals surface area contributed by atoms with Crippen LogP contribution >= 0.6 is 0 Å². The Morgan fingerprint density at radius 2 is 2.06 bits per heavy atom. The molecule has 3 heteroatoms. The highest BCUT2D eigenvalue weighted by Crippen LogP contribution is 2.38. The Morgan fingerprint density at radius 3 is 2.56 bits per heavy atom. The van der Waals surface area contributed by atoms with Gasteiger partial charge < -0.3 is 11.1 Å². The molecule has 1 aliphatic rings. The molecule has 1 aromatic carbocycles. The maximum absolute atomic E-state index is 11.2. The third-order valence-corrected chi connectivity index (χ3v) is 4.32. The first-order valence-electron chi connectivity index (χ1n) is 6.71. The van der Waals surface area contributed by atoms with Gasteiger partial charge in [-0.3, -0.25) is 4.79 Å². The molecule has 1 aromatic rings. The van der Waals surface area contributed by atoms with E-state index in [-0.39, 0.29) is 11.3 Å². The summed E-state index contributed by atoms with van der Waals surface area (Å²) in [6.07, 6.45) is 3.48. The van der Waals surface area contributed by atoms with Crippen LogP contribution in [0.2, 0.25) is 0 Å². The Labute approximate surface area is 109 Å². The van der Waals surface area contributed by atoms with Crippen molar-refractivity contribution in [3.05, 3.63) is 34.9 Å². The van der Waals surface area contributed by atoms with Gasteiger partial charge in [-0.1, -0.05) is 13.0 Å². The van der Waals surface area contributed by atoms with E-state index in [9.17, 15) is 4.79 Å². The van der Waals surface area contributed by atoms with Gasteiger partial charge >= 0.3 is 0 Å². The lowest BCUT2D eigenvalue weighted by atomic mass is 9.70. The van der Waals surface area contributed by atoms with Crippen molar-refractivity contribution in [2.75, 3.05) is 13.1 Å². The van der Waals surface area contributed by atoms with Crippen molar-refractivity contribution in [1.82, 2.24) is 5.32 Å². The molecule has 98 valence electrons. The zero-order valence-corrected chi connectivity index (χ0v) is 11.3. The smallest absolute Gasteiger partial charge is 0.248 e. The Balaban J connectivity index is 2.39. The van der Waals surface area contributed by atoms with Crippen LogP contribution in [0, 0.1) is 6.92 Å². The number of nitrogens with one attached hydrogen (secondary N) is 1. The van der Waals surface area contributed by atoms with E-state index in [2.05, 4.69) is 25.2 Å². The van der Waals surface area contributed by atoms with Crippen LogP contribution in [-0.2, 0) is 5.41 Å². The second-order valence-corrected chi connectivity index (χ2v) is 5.28. The van der Waals surface area contributed by atoms with Gasteiger partial charge in [-0.05, 0) is 68.0 Å². The number of piperidine rings is 1. The quantitative estimate of drug-likeness (QED) is 0.858. The molecule has 2 rings (SSSR count). The predicted molar refractivity (Wildman–Crippen MR) is 73.8 cm³/mol. The Morgan fingerprint density at radius 1 is 1.39 bits per heavy atom. The molecule has 18 heavy (non-hydrogen) atoms. The summed E-state index contributed by atoms with van der Waals surface area (Å²) >= 11 is 0. The van der Waals surface area contributed by atoms with E-state index in [1.165, 1.54) is 24.0 Å². The summed E-state index contributed by atoms with van der Waals surface area (Å²) in [5.74, 6) is -0.347. The third kappa shape index (κ3) is 2.27. The van der Waals surface area contributed by atoms with Crippen LogP contribution in [0.25, 0.3) is 0 Å². The van der Waals surface area contributed by atoms with Crippen LogP contribution < -0.4 is 11.1 Å². The van der Waals surface area contributed by atoms with E-state index >= 15 is 0 Å². The van der Waals surface area contributed by atoms with Crippen molar-refractivity contribution in [3.63, 3.8) is 0 Å². The van der Waals surface area contributed by atoms with Crippen LogP contribution in [0.5, 0.6) is 0 Å². The summed E-state index contributed by atoms with van der Waals surface area (Å²) in [4.78, 5) is 11.2. The van der Waals surface area contributed by atoms with Crippen molar-refractivity contribution in [1.29, 1.82) is 0 Å². The fourth-order valence-electron chi connectivity index (χ4n) is 3.13. The first kappa shape index (κ1) is 13.1. The number of hydrogen-bond donors (Lipinski definition) is 2. The zero-order chi connectivity index (χ0) is 13.2. The number of aryl methyl sites for hydroxylation is 1. The molecule has 1 heterocycles. The molecule has 0 radical (unpaired) electrons. The summed E-state index contributed by atoms with van der Waals surface area (Å²) in [6, 6.07) is 5.89. The van der Waals surface area contributed by atoms with E-state index in [1.54, 1.807) is 0 Å². The van der Waals surface area contributed by atoms with E-state index in [1.807, 2.05) is 12.1 Å². The maximum Gasteiger partial charge on any atom is 0.248 e. The molecule has 0 atom stereocenters. The van der Waals surface area contributed by atoms with Crippen molar-refractivity contribution in [2.24, 2.45) is 5.73 Å². The molecule has 0 bridgehead atoms. The normalized spacial score (nSPS) is 18.6. The topological polar surface area (TPSA) is 55.1 Å². The number of carbonyl (C=O) groups is 1. The van der Waals surface area contributed by atoms with Gasteiger partial charge in [-0.15, -0.1) is 0 Å². The van der Waals surface area contributed by atoms with Gasteiger partial charge in [0.25, 0.3) is 0 Å². The van der Waals surface area contributed by atoms with Gasteiger partial charge in [-0.2, -0.15) is 0 Å². The number of hydrogen-bond acceptors (Lipinski definition) is 2. The first-order valence-corrected chi connectivity index (χ1v) is 6.71. The molecule has 1 aliphatic heterocycles. The van der Waals surface area contributed by atoms with Gasteiger partial charge in [0, 0.05) is 5.56 Å². The fourth-order valence-corrected chi connectivity index (χ4v) is 3.13. The monoisotopic (exact) mass is 246 g/mol. The summed E-state index contributed by atoms with van der Waals surface area (Å²) in [6.45, 7) is 6.49. The summed E-state index contributed by atoms with van der Waals surface area (Å²) in [5, 5.41) is 3.42. The lowest BCUT2D eigenvalue weighted by Crippen LogP contribution is -2.40. The van der Waals surface area contributed by atoms with Gasteiger partial charge in [0.2, 0.25) is 5.91 Å². The number of nitrogens with two attached hydrogens (primary N) is 1. The lowest BCUT2D eigenvalue weighted by Gasteiger charge is -2.38. The van der Waals surface area contributed by atoms with Crippen molar-refractivity contribution < 1.29 is 4.79 Å². The van der Waals surface area contributed by atoms with Gasteiger partial charge in [0.1, 0.15) is 0 Å². The molecule has 1 amide bonds. The molecule has 3 nitrogen and oxygen atoms in total. The van der Waals surface area contributed by atoms with Crippen molar-refractivity contribution >= 4 is 5.91 Å². The molecule has 1 fully saturated rings. The van der Waals surface area contributed by atoms with Gasteiger partial charge in [0.05, 0.1) is 0 Å². The number of carbonyl (C=O) groups excluding carboxylic acids is 1. The second kappa shape index (κ2) is 5.11. The lowest BCUT2D eigenvalue weighted by molar-refractivity contribution is 0.1000. The second-order valence-electron chi connectivity index (χ2n) is 5.28. The highest BCUT2D eigenvalue weighted by molar-refractivity contribution is 5.93. The standard InChI is InChI=1S/C15H22N2O/c1-3-15(6-8-17-9-7-15)13-5-4-12(14(16)18)10-11(13)2/h4-5,10,17H,3,6-9H2,1-2H3,(H2,16,18). The minimum absolute atomic E-state index is 0.269.